The number of hydrogen-bond acceptors (Lipinski definition) is 0. The molecule has 0 radical (unpaired) electrons. The Morgan fingerprint density at radius 3 is 0.722 bits per heavy atom. The molecule has 72 heavy (non-hydrogen) atoms. The first-order chi connectivity index (χ1) is 33.9. The minimum Gasteiger partial charge on any atom is -0.103 e. The lowest BCUT2D eigenvalue weighted by molar-refractivity contribution is 0.909. The molecule has 0 aromatic heterocycles. The maximum atomic E-state index is 3.75. The van der Waals surface area contributed by atoms with Gasteiger partial charge in [-0.25, -0.2) is 0 Å². The molecule has 0 saturated heterocycles. The van der Waals surface area contributed by atoms with Crippen molar-refractivity contribution in [1.29, 1.82) is 0 Å². The van der Waals surface area contributed by atoms with Crippen LogP contribution in [-0.4, -0.2) is 0 Å². The smallest absolute Gasteiger partial charge is 0.00974 e. The van der Waals surface area contributed by atoms with E-state index in [-0.39, 0.29) is 0 Å². The first kappa shape index (κ1) is 64.3. The normalized spacial score (nSPS) is 10.6. The molecule has 6 rings (SSSR count). The van der Waals surface area contributed by atoms with Gasteiger partial charge in [0.1, 0.15) is 0 Å². The van der Waals surface area contributed by atoms with Gasteiger partial charge in [0.15, 0.2) is 0 Å². The van der Waals surface area contributed by atoms with Gasteiger partial charge >= 0.3 is 0 Å². The van der Waals surface area contributed by atoms with Crippen molar-refractivity contribution in [2.45, 2.75) is 191 Å². The Hall–Kier alpha value is -5.72. The molecule has 0 heteroatoms. The van der Waals surface area contributed by atoms with Gasteiger partial charge < -0.3 is 0 Å². The molecular formula is C72H100. The Labute approximate surface area is 444 Å². The number of aryl methyl sites for hydroxylation is 20. The molecule has 0 unspecified atom stereocenters. The van der Waals surface area contributed by atoms with E-state index in [1.54, 1.807) is 0 Å². The van der Waals surface area contributed by atoms with Gasteiger partial charge in [0.25, 0.3) is 0 Å². The third-order valence-corrected chi connectivity index (χ3v) is 13.9. The summed E-state index contributed by atoms with van der Waals surface area (Å²) < 4.78 is 0. The molecule has 0 aliphatic rings. The molecular weight excluding hydrogens is 865 g/mol. The van der Waals surface area contributed by atoms with Gasteiger partial charge in [0, 0.05) is 0 Å². The predicted octanol–water partition coefficient (Wildman–Crippen LogP) is 21.4. The fourth-order valence-corrected chi connectivity index (χ4v) is 8.54. The van der Waals surface area contributed by atoms with E-state index in [2.05, 4.69) is 275 Å². The highest BCUT2D eigenvalue weighted by atomic mass is 14.1. The highest BCUT2D eigenvalue weighted by Gasteiger charge is 2.03. The SMILES string of the molecule is C/C=C/c1cc(C)c(C)cc1C.C/C=C\c1cc(C)c(C)cc1C.C/C=C\c1cc(C)c(C)cc1C.C=CCc1cc(C)c(C)cc1C.CCCc1cc(C)c(C)cc1C.CCCc1cc(C)c(C)cc1C. The van der Waals surface area contributed by atoms with E-state index in [1.165, 1.54) is 159 Å². The number of allylic oxidation sites excluding steroid dienone is 4. The van der Waals surface area contributed by atoms with Gasteiger partial charge in [-0.1, -0.05) is 142 Å². The lowest BCUT2D eigenvalue weighted by Gasteiger charge is -2.08. The highest BCUT2D eigenvalue weighted by molar-refractivity contribution is 5.57. The summed E-state index contributed by atoms with van der Waals surface area (Å²) in [5.74, 6) is 0. The van der Waals surface area contributed by atoms with Gasteiger partial charge in [-0.3, -0.25) is 0 Å². The second-order valence-electron chi connectivity index (χ2n) is 20.5. The summed E-state index contributed by atoms with van der Waals surface area (Å²) in [7, 11) is 0. The summed E-state index contributed by atoms with van der Waals surface area (Å²) >= 11 is 0. The van der Waals surface area contributed by atoms with Gasteiger partial charge in [-0.15, -0.1) is 6.58 Å². The van der Waals surface area contributed by atoms with Crippen LogP contribution in [0.2, 0.25) is 0 Å². The third kappa shape index (κ3) is 22.0. The van der Waals surface area contributed by atoms with E-state index in [9.17, 15) is 0 Å². The van der Waals surface area contributed by atoms with E-state index < -0.39 is 0 Å². The number of rotatable bonds is 9. The largest absolute Gasteiger partial charge is 0.103 e. The van der Waals surface area contributed by atoms with Crippen LogP contribution in [0.15, 0.2) is 104 Å². The Morgan fingerprint density at radius 2 is 0.486 bits per heavy atom. The van der Waals surface area contributed by atoms with Gasteiger partial charge in [0.2, 0.25) is 0 Å². The van der Waals surface area contributed by atoms with Crippen LogP contribution in [0.5, 0.6) is 0 Å². The van der Waals surface area contributed by atoms with Crippen molar-refractivity contribution < 1.29 is 0 Å². The van der Waals surface area contributed by atoms with E-state index in [0.717, 1.165) is 6.42 Å². The summed E-state index contributed by atoms with van der Waals surface area (Å²) in [4.78, 5) is 0. The van der Waals surface area contributed by atoms with Gasteiger partial charge in [0.05, 0.1) is 0 Å². The maximum Gasteiger partial charge on any atom is -0.00974 e. The van der Waals surface area contributed by atoms with Crippen LogP contribution in [0.1, 0.15) is 181 Å². The highest BCUT2D eigenvalue weighted by Crippen LogP contribution is 2.21. The molecule has 0 aliphatic heterocycles. The molecule has 0 saturated carbocycles. The molecule has 6 aromatic rings. The summed E-state index contributed by atoms with van der Waals surface area (Å²) in [6.45, 7) is 53.4. The molecule has 0 N–H and O–H groups in total. The van der Waals surface area contributed by atoms with Crippen LogP contribution in [0.25, 0.3) is 18.2 Å². The van der Waals surface area contributed by atoms with Crippen LogP contribution in [0.3, 0.4) is 0 Å². The molecule has 0 amide bonds. The lowest BCUT2D eigenvalue weighted by Crippen LogP contribution is -1.92. The topological polar surface area (TPSA) is 0 Å². The van der Waals surface area contributed by atoms with Gasteiger partial charge in [-0.05, 0) is 298 Å². The summed E-state index contributed by atoms with van der Waals surface area (Å²) in [6.07, 6.45) is 20.5. The minimum absolute atomic E-state index is 0.979. The average Bonchev–Trinajstić information content (AvgIpc) is 3.31. The summed E-state index contributed by atoms with van der Waals surface area (Å²) in [6, 6.07) is 27.2. The van der Waals surface area contributed by atoms with Crippen LogP contribution < -0.4 is 0 Å². The van der Waals surface area contributed by atoms with Crippen molar-refractivity contribution in [2.75, 3.05) is 0 Å². The quantitative estimate of drug-likeness (QED) is 0.127. The zero-order chi connectivity index (χ0) is 54.8. The fraction of sp³-hybridized carbons (Fsp3) is 0.389. The second-order valence-corrected chi connectivity index (χ2v) is 20.5. The molecule has 388 valence electrons. The Kier molecular flexibility index (Phi) is 29.6. The lowest BCUT2D eigenvalue weighted by atomic mass is 9.98. The zero-order valence-electron chi connectivity index (χ0n) is 50.2. The predicted molar refractivity (Wildman–Crippen MR) is 330 cm³/mol. The van der Waals surface area contributed by atoms with Crippen molar-refractivity contribution in [3.63, 3.8) is 0 Å². The van der Waals surface area contributed by atoms with Gasteiger partial charge in [-0.2, -0.15) is 0 Å². The Bertz CT molecular complexity index is 2520. The minimum atomic E-state index is 0.979. The standard InChI is InChI=1S/2C12H18.4C12H16/c6*1-5-6-12-8-10(3)9(2)7-11(12)4/h2*7-8H,5-6H2,1-4H3;3*5-8H,1-4H3;5,7-8H,1,6H2,2-4H3/b;;6-5+;2*6-5-;. The Morgan fingerprint density at radius 1 is 0.278 bits per heavy atom. The van der Waals surface area contributed by atoms with E-state index in [4.69, 9.17) is 0 Å². The average molecular weight is 966 g/mol. The third-order valence-electron chi connectivity index (χ3n) is 13.9. The maximum absolute atomic E-state index is 3.75. The van der Waals surface area contributed by atoms with Crippen LogP contribution >= 0.6 is 0 Å². The molecule has 0 aliphatic carbocycles. The number of hydrogen-bond donors (Lipinski definition) is 0. The zero-order valence-corrected chi connectivity index (χ0v) is 50.2. The van der Waals surface area contributed by atoms with Crippen LogP contribution in [0, 0.1) is 125 Å². The summed E-state index contributed by atoms with van der Waals surface area (Å²) in [5.41, 5.74) is 33.4. The first-order valence-corrected chi connectivity index (χ1v) is 26.8. The van der Waals surface area contributed by atoms with E-state index >= 15 is 0 Å². The monoisotopic (exact) mass is 965 g/mol. The molecule has 0 fully saturated rings. The van der Waals surface area contributed by atoms with Crippen LogP contribution in [-0.2, 0) is 19.3 Å². The van der Waals surface area contributed by atoms with Crippen molar-refractivity contribution in [3.8, 4) is 0 Å². The van der Waals surface area contributed by atoms with Crippen molar-refractivity contribution in [2.24, 2.45) is 0 Å². The Balaban J connectivity index is 0.000000432. The van der Waals surface area contributed by atoms with Crippen molar-refractivity contribution >= 4 is 18.2 Å². The molecule has 0 atom stereocenters. The molecule has 0 spiro atoms. The van der Waals surface area contributed by atoms with Crippen LogP contribution in [0.4, 0.5) is 0 Å². The van der Waals surface area contributed by atoms with E-state index in [0.29, 0.717) is 0 Å². The molecule has 6 aromatic carbocycles. The number of benzene rings is 6. The molecule has 0 nitrogen and oxygen atoms in total. The fourth-order valence-electron chi connectivity index (χ4n) is 8.54. The van der Waals surface area contributed by atoms with Crippen molar-refractivity contribution in [3.05, 3.63) is 237 Å². The first-order valence-electron chi connectivity index (χ1n) is 26.8. The second kappa shape index (κ2) is 33.1. The van der Waals surface area contributed by atoms with Crippen molar-refractivity contribution in [1.82, 2.24) is 0 Å². The molecule has 0 bridgehead atoms. The molecule has 0 heterocycles. The summed E-state index contributed by atoms with van der Waals surface area (Å²) in [5, 5.41) is 0. The van der Waals surface area contributed by atoms with E-state index in [1.807, 2.05) is 6.08 Å².